The number of nitrogens with one attached hydrogen (secondary N) is 1. The fraction of sp³-hybridized carbons (Fsp3) is 0.316. The summed E-state index contributed by atoms with van der Waals surface area (Å²) in [6.07, 6.45) is 2.41. The number of benzene rings is 2. The van der Waals surface area contributed by atoms with E-state index in [9.17, 15) is 4.79 Å². The number of hydrogen-bond donors (Lipinski definition) is 1. The van der Waals surface area contributed by atoms with Gasteiger partial charge in [0.2, 0.25) is 5.91 Å². The van der Waals surface area contributed by atoms with Gasteiger partial charge in [0.05, 0.1) is 19.6 Å². The topological polar surface area (TPSA) is 38.3 Å². The Kier molecular flexibility index (Phi) is 4.14. The summed E-state index contributed by atoms with van der Waals surface area (Å²) in [5, 5.41) is 3.16. The zero-order valence-corrected chi connectivity index (χ0v) is 13.1. The van der Waals surface area contributed by atoms with Gasteiger partial charge in [-0.1, -0.05) is 36.4 Å². The fourth-order valence-electron chi connectivity index (χ4n) is 3.11. The molecule has 1 aliphatic rings. The van der Waals surface area contributed by atoms with Crippen molar-refractivity contribution in [3.63, 3.8) is 0 Å². The number of aryl methyl sites for hydroxylation is 2. The van der Waals surface area contributed by atoms with Crippen LogP contribution in [0.15, 0.2) is 42.5 Å². The smallest absolute Gasteiger partial charge is 0.224 e. The van der Waals surface area contributed by atoms with E-state index in [0.29, 0.717) is 6.42 Å². The van der Waals surface area contributed by atoms with Gasteiger partial charge in [-0.2, -0.15) is 0 Å². The average Bonchev–Trinajstić information content (AvgIpc) is 2.92. The zero-order chi connectivity index (χ0) is 15.5. The number of carbonyl (C=O) groups excluding carboxylic acids is 1. The molecule has 0 fully saturated rings. The second-order valence-electron chi connectivity index (χ2n) is 5.84. The number of hydrogen-bond acceptors (Lipinski definition) is 2. The van der Waals surface area contributed by atoms with E-state index in [1.54, 1.807) is 7.11 Å². The van der Waals surface area contributed by atoms with Crippen molar-refractivity contribution < 1.29 is 9.53 Å². The summed E-state index contributed by atoms with van der Waals surface area (Å²) in [7, 11) is 1.65. The van der Waals surface area contributed by atoms with Crippen molar-refractivity contribution in [3.05, 3.63) is 64.7 Å². The van der Waals surface area contributed by atoms with Crippen LogP contribution < -0.4 is 10.1 Å². The van der Waals surface area contributed by atoms with Crippen molar-refractivity contribution in [2.45, 2.75) is 32.2 Å². The summed E-state index contributed by atoms with van der Waals surface area (Å²) in [6, 6.07) is 14.4. The van der Waals surface area contributed by atoms with Crippen LogP contribution in [0.1, 0.15) is 34.7 Å². The van der Waals surface area contributed by atoms with Gasteiger partial charge in [0.1, 0.15) is 5.75 Å². The fourth-order valence-corrected chi connectivity index (χ4v) is 3.11. The molecule has 3 heteroatoms. The number of fused-ring (bicyclic) bond motifs is 1. The van der Waals surface area contributed by atoms with Gasteiger partial charge in [-0.15, -0.1) is 0 Å². The lowest BCUT2D eigenvalue weighted by atomic mass is 10.1. The van der Waals surface area contributed by atoms with E-state index in [0.717, 1.165) is 29.7 Å². The molecule has 2 aromatic rings. The normalized spacial score (nSPS) is 16.2. The molecule has 1 unspecified atom stereocenters. The lowest BCUT2D eigenvalue weighted by molar-refractivity contribution is -0.121. The van der Waals surface area contributed by atoms with Crippen molar-refractivity contribution in [3.8, 4) is 5.75 Å². The summed E-state index contributed by atoms with van der Waals surface area (Å²) in [5.41, 5.74) is 4.67. The van der Waals surface area contributed by atoms with Crippen molar-refractivity contribution in [2.24, 2.45) is 0 Å². The number of amides is 1. The van der Waals surface area contributed by atoms with Crippen LogP contribution in [-0.4, -0.2) is 13.0 Å². The monoisotopic (exact) mass is 295 g/mol. The highest BCUT2D eigenvalue weighted by molar-refractivity contribution is 5.79. The van der Waals surface area contributed by atoms with Crippen LogP contribution in [-0.2, 0) is 17.6 Å². The summed E-state index contributed by atoms with van der Waals surface area (Å²) in [4.78, 5) is 12.3. The molecule has 0 saturated carbocycles. The molecule has 1 atom stereocenters. The zero-order valence-electron chi connectivity index (χ0n) is 13.1. The third kappa shape index (κ3) is 2.98. The second kappa shape index (κ2) is 6.22. The maximum Gasteiger partial charge on any atom is 0.224 e. The Hall–Kier alpha value is -2.29. The summed E-state index contributed by atoms with van der Waals surface area (Å²) in [5.74, 6) is 0.893. The molecule has 1 aliphatic carbocycles. The van der Waals surface area contributed by atoms with Crippen LogP contribution in [0, 0.1) is 6.92 Å². The maximum atomic E-state index is 12.3. The molecule has 0 heterocycles. The molecule has 0 spiro atoms. The van der Waals surface area contributed by atoms with E-state index in [-0.39, 0.29) is 11.9 Å². The molecule has 3 rings (SSSR count). The molecule has 0 aliphatic heterocycles. The SMILES string of the molecule is COc1cc(CC(=O)NC2CCc3ccccc32)ccc1C. The Morgan fingerprint density at radius 1 is 1.27 bits per heavy atom. The number of ether oxygens (including phenoxy) is 1. The minimum atomic E-state index is 0.0626. The first-order chi connectivity index (χ1) is 10.7. The summed E-state index contributed by atoms with van der Waals surface area (Å²) < 4.78 is 5.32. The van der Waals surface area contributed by atoms with Gasteiger partial charge in [-0.25, -0.2) is 0 Å². The minimum absolute atomic E-state index is 0.0626. The lowest BCUT2D eigenvalue weighted by Gasteiger charge is -2.14. The van der Waals surface area contributed by atoms with Gasteiger partial charge in [-0.3, -0.25) is 4.79 Å². The second-order valence-corrected chi connectivity index (χ2v) is 5.84. The van der Waals surface area contributed by atoms with E-state index in [1.807, 2.05) is 31.2 Å². The molecule has 2 aromatic carbocycles. The van der Waals surface area contributed by atoms with E-state index in [1.165, 1.54) is 11.1 Å². The molecular weight excluding hydrogens is 274 g/mol. The molecule has 0 aromatic heterocycles. The van der Waals surface area contributed by atoms with Crippen LogP contribution in [0.2, 0.25) is 0 Å². The molecule has 22 heavy (non-hydrogen) atoms. The first-order valence-electron chi connectivity index (χ1n) is 7.68. The van der Waals surface area contributed by atoms with Gasteiger partial charge in [0.15, 0.2) is 0 Å². The van der Waals surface area contributed by atoms with Crippen LogP contribution in [0.3, 0.4) is 0 Å². The minimum Gasteiger partial charge on any atom is -0.496 e. The van der Waals surface area contributed by atoms with Crippen molar-refractivity contribution >= 4 is 5.91 Å². The van der Waals surface area contributed by atoms with E-state index in [4.69, 9.17) is 4.74 Å². The van der Waals surface area contributed by atoms with Crippen LogP contribution in [0.25, 0.3) is 0 Å². The Labute approximate surface area is 131 Å². The molecule has 3 nitrogen and oxygen atoms in total. The quantitative estimate of drug-likeness (QED) is 0.939. The van der Waals surface area contributed by atoms with Crippen molar-refractivity contribution in [1.29, 1.82) is 0 Å². The molecule has 1 amide bonds. The highest BCUT2D eigenvalue weighted by atomic mass is 16.5. The largest absolute Gasteiger partial charge is 0.496 e. The van der Waals surface area contributed by atoms with Gasteiger partial charge >= 0.3 is 0 Å². The number of rotatable bonds is 4. The summed E-state index contributed by atoms with van der Waals surface area (Å²) >= 11 is 0. The van der Waals surface area contributed by atoms with Crippen molar-refractivity contribution in [2.75, 3.05) is 7.11 Å². The van der Waals surface area contributed by atoms with E-state index < -0.39 is 0 Å². The molecule has 0 bridgehead atoms. The predicted octanol–water partition coefficient (Wildman–Crippen LogP) is 3.35. The average molecular weight is 295 g/mol. The van der Waals surface area contributed by atoms with Gasteiger partial charge in [0.25, 0.3) is 0 Å². The van der Waals surface area contributed by atoms with Gasteiger partial charge in [-0.05, 0) is 48.1 Å². The Balaban J connectivity index is 1.66. The third-order valence-corrected chi connectivity index (χ3v) is 4.31. The summed E-state index contributed by atoms with van der Waals surface area (Å²) in [6.45, 7) is 2.00. The molecular formula is C19H21NO2. The Morgan fingerprint density at radius 2 is 2.09 bits per heavy atom. The van der Waals surface area contributed by atoms with E-state index in [2.05, 4.69) is 23.5 Å². The first kappa shape index (κ1) is 14.6. The van der Waals surface area contributed by atoms with Gasteiger partial charge < -0.3 is 10.1 Å². The Bertz CT molecular complexity index is 694. The van der Waals surface area contributed by atoms with Gasteiger partial charge in [0, 0.05) is 0 Å². The van der Waals surface area contributed by atoms with Crippen LogP contribution >= 0.6 is 0 Å². The molecule has 1 N–H and O–H groups in total. The maximum absolute atomic E-state index is 12.3. The lowest BCUT2D eigenvalue weighted by Crippen LogP contribution is -2.28. The van der Waals surface area contributed by atoms with Crippen LogP contribution in [0.4, 0.5) is 0 Å². The number of methoxy groups -OCH3 is 1. The highest BCUT2D eigenvalue weighted by Crippen LogP contribution is 2.30. The van der Waals surface area contributed by atoms with Crippen LogP contribution in [0.5, 0.6) is 5.75 Å². The number of carbonyl (C=O) groups is 1. The van der Waals surface area contributed by atoms with E-state index >= 15 is 0 Å². The highest BCUT2D eigenvalue weighted by Gasteiger charge is 2.23. The standard InChI is InChI=1S/C19H21NO2/c1-13-7-8-14(11-18(13)22-2)12-19(21)20-17-10-9-15-5-3-4-6-16(15)17/h3-8,11,17H,9-10,12H2,1-2H3,(H,20,21). The molecule has 114 valence electrons. The first-order valence-corrected chi connectivity index (χ1v) is 7.68. The molecule has 0 saturated heterocycles. The predicted molar refractivity (Wildman–Crippen MR) is 87.1 cm³/mol. The van der Waals surface area contributed by atoms with Crippen molar-refractivity contribution in [1.82, 2.24) is 5.32 Å². The Morgan fingerprint density at radius 3 is 2.91 bits per heavy atom. The third-order valence-electron chi connectivity index (χ3n) is 4.31. The molecule has 0 radical (unpaired) electrons.